The van der Waals surface area contributed by atoms with Gasteiger partial charge >= 0.3 is 0 Å². The molecule has 0 radical (unpaired) electrons. The average molecular weight is 290 g/mol. The summed E-state index contributed by atoms with van der Waals surface area (Å²) in [5, 5.41) is 15.8. The second kappa shape index (κ2) is 5.30. The highest BCUT2D eigenvalue weighted by molar-refractivity contribution is 6.33. The fraction of sp³-hybridized carbons (Fsp3) is 0.167. The highest BCUT2D eigenvalue weighted by Gasteiger charge is 2.10. The third-order valence-electron chi connectivity index (χ3n) is 2.90. The Balaban J connectivity index is 1.90. The lowest BCUT2D eigenvalue weighted by molar-refractivity contribution is 0.683. The summed E-state index contributed by atoms with van der Waals surface area (Å²) < 4.78 is 3.35. The monoisotopic (exact) mass is 289 g/mol. The number of anilines is 1. The van der Waals surface area contributed by atoms with E-state index in [9.17, 15) is 0 Å². The van der Waals surface area contributed by atoms with Crippen molar-refractivity contribution in [2.24, 2.45) is 7.05 Å². The Morgan fingerprint density at radius 1 is 1.35 bits per heavy atom. The molecule has 3 rings (SSSR count). The van der Waals surface area contributed by atoms with E-state index < -0.39 is 0 Å². The van der Waals surface area contributed by atoms with Crippen LogP contribution in [0, 0.1) is 0 Å². The topological polar surface area (TPSA) is 73.5 Å². The molecule has 7 nitrogen and oxygen atoms in total. The van der Waals surface area contributed by atoms with Crippen LogP contribution in [0.2, 0.25) is 5.02 Å². The first-order valence-corrected chi connectivity index (χ1v) is 6.34. The maximum absolute atomic E-state index is 6.25. The fourth-order valence-corrected chi connectivity index (χ4v) is 2.13. The number of nitrogens with zero attached hydrogens (tertiary/aromatic N) is 6. The van der Waals surface area contributed by atoms with E-state index in [4.69, 9.17) is 11.6 Å². The Kier molecular flexibility index (Phi) is 3.34. The Bertz CT molecular complexity index is 704. The first-order valence-electron chi connectivity index (χ1n) is 5.96. The van der Waals surface area contributed by atoms with Gasteiger partial charge in [-0.05, 0) is 12.1 Å². The van der Waals surface area contributed by atoms with Gasteiger partial charge in [-0.3, -0.25) is 4.68 Å². The van der Waals surface area contributed by atoms with E-state index in [2.05, 4.69) is 25.7 Å². The van der Waals surface area contributed by atoms with Crippen LogP contribution >= 0.6 is 11.6 Å². The Morgan fingerprint density at radius 3 is 2.95 bits per heavy atom. The molecule has 0 atom stereocenters. The number of nitrogens with one attached hydrogen (secondary N) is 1. The molecule has 102 valence electrons. The van der Waals surface area contributed by atoms with Gasteiger partial charge in [-0.1, -0.05) is 22.9 Å². The summed E-state index contributed by atoms with van der Waals surface area (Å²) >= 11 is 6.25. The van der Waals surface area contributed by atoms with Crippen LogP contribution < -0.4 is 5.32 Å². The van der Waals surface area contributed by atoms with Crippen LogP contribution in [0.1, 0.15) is 5.69 Å². The van der Waals surface area contributed by atoms with Crippen molar-refractivity contribution < 1.29 is 0 Å². The van der Waals surface area contributed by atoms with Gasteiger partial charge in [-0.2, -0.15) is 5.10 Å². The van der Waals surface area contributed by atoms with Gasteiger partial charge in [-0.25, -0.2) is 9.67 Å². The number of rotatable bonds is 4. The molecule has 0 aliphatic rings. The molecule has 1 aromatic carbocycles. The summed E-state index contributed by atoms with van der Waals surface area (Å²) in [7, 11) is 1.85. The summed E-state index contributed by atoms with van der Waals surface area (Å²) in [6, 6.07) is 5.63. The van der Waals surface area contributed by atoms with E-state index >= 15 is 0 Å². The molecule has 0 aliphatic carbocycles. The van der Waals surface area contributed by atoms with Crippen molar-refractivity contribution in [3.63, 3.8) is 0 Å². The lowest BCUT2D eigenvalue weighted by Crippen LogP contribution is -2.08. The molecule has 0 amide bonds. The number of halogens is 1. The van der Waals surface area contributed by atoms with Crippen molar-refractivity contribution in [3.05, 3.63) is 47.8 Å². The van der Waals surface area contributed by atoms with Crippen LogP contribution in [0.5, 0.6) is 0 Å². The van der Waals surface area contributed by atoms with Crippen molar-refractivity contribution in [1.29, 1.82) is 0 Å². The maximum Gasteiger partial charge on any atom is 0.138 e. The van der Waals surface area contributed by atoms with E-state index in [1.165, 1.54) is 6.33 Å². The van der Waals surface area contributed by atoms with E-state index in [0.29, 0.717) is 11.6 Å². The highest BCUT2D eigenvalue weighted by atomic mass is 35.5. The van der Waals surface area contributed by atoms with Gasteiger partial charge in [0.15, 0.2) is 0 Å². The van der Waals surface area contributed by atoms with E-state index in [-0.39, 0.29) is 0 Å². The van der Waals surface area contributed by atoms with Crippen molar-refractivity contribution >= 4 is 17.3 Å². The molecule has 0 fully saturated rings. The molecule has 0 spiro atoms. The Morgan fingerprint density at radius 2 is 2.25 bits per heavy atom. The SMILES string of the molecule is Cn1nncc1CNc1cccc(Cl)c1-n1cncn1. The second-order valence-electron chi connectivity index (χ2n) is 4.18. The molecule has 3 aromatic rings. The highest BCUT2D eigenvalue weighted by Crippen LogP contribution is 2.27. The van der Waals surface area contributed by atoms with Crippen LogP contribution in [0.15, 0.2) is 37.1 Å². The molecule has 1 N–H and O–H groups in total. The van der Waals surface area contributed by atoms with Gasteiger partial charge < -0.3 is 5.32 Å². The van der Waals surface area contributed by atoms with Gasteiger partial charge in [0.1, 0.15) is 18.3 Å². The van der Waals surface area contributed by atoms with E-state index in [0.717, 1.165) is 17.1 Å². The first kappa shape index (κ1) is 12.6. The number of aromatic nitrogens is 6. The number of hydrogen-bond donors (Lipinski definition) is 1. The third kappa shape index (κ3) is 2.35. The molecule has 0 bridgehead atoms. The quantitative estimate of drug-likeness (QED) is 0.791. The van der Waals surface area contributed by atoms with Crippen molar-refractivity contribution in [3.8, 4) is 5.69 Å². The zero-order chi connectivity index (χ0) is 13.9. The van der Waals surface area contributed by atoms with Crippen molar-refractivity contribution in [1.82, 2.24) is 29.8 Å². The summed E-state index contributed by atoms with van der Waals surface area (Å²) in [5.74, 6) is 0. The van der Waals surface area contributed by atoms with E-state index in [1.807, 2.05) is 25.2 Å². The van der Waals surface area contributed by atoms with Gasteiger partial charge in [0.05, 0.1) is 29.1 Å². The molecule has 0 saturated carbocycles. The minimum Gasteiger partial charge on any atom is -0.378 e. The number of para-hydroxylation sites is 1. The van der Waals surface area contributed by atoms with Crippen LogP contribution in [0.4, 0.5) is 5.69 Å². The molecule has 0 saturated heterocycles. The van der Waals surface area contributed by atoms with Crippen LogP contribution in [-0.4, -0.2) is 29.8 Å². The molecule has 8 heteroatoms. The minimum absolute atomic E-state index is 0.589. The summed E-state index contributed by atoms with van der Waals surface area (Å²) in [5.41, 5.74) is 2.60. The van der Waals surface area contributed by atoms with Crippen LogP contribution in [0.3, 0.4) is 0 Å². The Labute approximate surface area is 120 Å². The smallest absolute Gasteiger partial charge is 0.138 e. The van der Waals surface area contributed by atoms with Gasteiger partial charge in [-0.15, -0.1) is 5.10 Å². The summed E-state index contributed by atoms with van der Waals surface area (Å²) in [4.78, 5) is 3.95. The summed E-state index contributed by atoms with van der Waals surface area (Å²) in [6.45, 7) is 0.589. The first-order chi connectivity index (χ1) is 9.75. The van der Waals surface area contributed by atoms with E-state index in [1.54, 1.807) is 21.9 Å². The predicted molar refractivity (Wildman–Crippen MR) is 74.7 cm³/mol. The minimum atomic E-state index is 0.589. The van der Waals surface area contributed by atoms with Crippen LogP contribution in [-0.2, 0) is 13.6 Å². The maximum atomic E-state index is 6.25. The molecule has 2 heterocycles. The van der Waals surface area contributed by atoms with Crippen molar-refractivity contribution in [2.75, 3.05) is 5.32 Å². The molecule has 0 unspecified atom stereocenters. The Hall–Kier alpha value is -2.41. The lowest BCUT2D eigenvalue weighted by atomic mass is 10.2. The number of benzene rings is 1. The van der Waals surface area contributed by atoms with Gasteiger partial charge in [0.25, 0.3) is 0 Å². The number of hydrogen-bond acceptors (Lipinski definition) is 5. The zero-order valence-corrected chi connectivity index (χ0v) is 11.5. The number of aryl methyl sites for hydroxylation is 1. The normalized spacial score (nSPS) is 10.7. The zero-order valence-electron chi connectivity index (χ0n) is 10.7. The van der Waals surface area contributed by atoms with Gasteiger partial charge in [0.2, 0.25) is 0 Å². The van der Waals surface area contributed by atoms with Gasteiger partial charge in [0, 0.05) is 7.05 Å². The van der Waals surface area contributed by atoms with Crippen LogP contribution in [0.25, 0.3) is 5.69 Å². The van der Waals surface area contributed by atoms with Crippen molar-refractivity contribution in [2.45, 2.75) is 6.54 Å². The largest absolute Gasteiger partial charge is 0.378 e. The predicted octanol–water partition coefficient (Wildman–Crippen LogP) is 1.66. The molecule has 2 aromatic heterocycles. The fourth-order valence-electron chi connectivity index (χ4n) is 1.87. The summed E-state index contributed by atoms with van der Waals surface area (Å²) in [6.07, 6.45) is 4.79. The molecular formula is C12H12ClN7. The second-order valence-corrected chi connectivity index (χ2v) is 4.59. The standard InChI is InChI=1S/C12H12ClN7/c1-19-9(6-16-18-19)5-15-11-4-2-3-10(13)12(11)20-8-14-7-17-20/h2-4,6-8,15H,5H2,1H3. The molecule has 0 aliphatic heterocycles. The molecule has 20 heavy (non-hydrogen) atoms. The average Bonchev–Trinajstić information content (AvgIpc) is 3.08. The lowest BCUT2D eigenvalue weighted by Gasteiger charge is -2.13. The molecular weight excluding hydrogens is 278 g/mol. The third-order valence-corrected chi connectivity index (χ3v) is 3.21.